The Morgan fingerprint density at radius 2 is 2.36 bits per heavy atom. The van der Waals surface area contributed by atoms with Gasteiger partial charge >= 0.3 is 5.97 Å². The van der Waals surface area contributed by atoms with Crippen LogP contribution in [-0.4, -0.2) is 20.6 Å². The number of carbonyl (C=O) groups is 1. The molecule has 14 heavy (non-hydrogen) atoms. The first-order chi connectivity index (χ1) is 6.59. The average molecular weight is 196 g/mol. The highest BCUT2D eigenvalue weighted by Crippen LogP contribution is 1.92. The predicted molar refractivity (Wildman–Crippen MR) is 50.1 cm³/mol. The summed E-state index contributed by atoms with van der Waals surface area (Å²) in [5, 5.41) is 8.40. The molecule has 1 aromatic rings. The lowest BCUT2D eigenvalue weighted by atomic mass is 10.3. The second-order valence-corrected chi connectivity index (χ2v) is 3.06. The number of carboxylic acid groups (broad SMARTS) is 1. The number of aromatic nitrogens is 2. The highest BCUT2D eigenvalue weighted by Gasteiger charge is 1.99. The van der Waals surface area contributed by atoms with Crippen molar-refractivity contribution in [3.63, 3.8) is 0 Å². The van der Waals surface area contributed by atoms with Crippen molar-refractivity contribution in [2.24, 2.45) is 0 Å². The molecule has 0 amide bonds. The average Bonchev–Trinajstić information content (AvgIpc) is 2.08. The molecule has 0 aromatic carbocycles. The van der Waals surface area contributed by atoms with Crippen LogP contribution in [-0.2, 0) is 11.3 Å². The van der Waals surface area contributed by atoms with Crippen LogP contribution in [0.25, 0.3) is 0 Å². The lowest BCUT2D eigenvalue weighted by Crippen LogP contribution is -2.20. The summed E-state index contributed by atoms with van der Waals surface area (Å²) in [6.45, 7) is 2.14. The Morgan fingerprint density at radius 1 is 1.64 bits per heavy atom. The number of nitrogens with zero attached hydrogens (tertiary/aromatic N) is 2. The number of aryl methyl sites for hydroxylation is 2. The van der Waals surface area contributed by atoms with Gasteiger partial charge in [0.25, 0.3) is 5.56 Å². The molecule has 76 valence electrons. The minimum atomic E-state index is -0.849. The SMILES string of the molecule is Cc1cc(=O)n(CCCC(=O)O)cn1. The van der Waals surface area contributed by atoms with Crippen LogP contribution in [0.3, 0.4) is 0 Å². The van der Waals surface area contributed by atoms with Crippen LogP contribution >= 0.6 is 0 Å². The van der Waals surface area contributed by atoms with Crippen molar-refractivity contribution in [2.75, 3.05) is 0 Å². The van der Waals surface area contributed by atoms with Crippen LogP contribution < -0.4 is 5.56 Å². The number of rotatable bonds is 4. The Hall–Kier alpha value is -1.65. The third kappa shape index (κ3) is 3.01. The summed E-state index contributed by atoms with van der Waals surface area (Å²) in [5.41, 5.74) is 0.535. The van der Waals surface area contributed by atoms with E-state index in [4.69, 9.17) is 5.11 Å². The third-order valence-corrected chi connectivity index (χ3v) is 1.81. The van der Waals surface area contributed by atoms with Gasteiger partial charge in [-0.25, -0.2) is 4.98 Å². The van der Waals surface area contributed by atoms with Gasteiger partial charge in [0.05, 0.1) is 6.33 Å². The van der Waals surface area contributed by atoms with Gasteiger partial charge in [-0.05, 0) is 13.3 Å². The third-order valence-electron chi connectivity index (χ3n) is 1.81. The van der Waals surface area contributed by atoms with E-state index in [1.807, 2.05) is 0 Å². The molecule has 1 heterocycles. The zero-order chi connectivity index (χ0) is 10.6. The Balaban J connectivity index is 2.59. The summed E-state index contributed by atoms with van der Waals surface area (Å²) in [6, 6.07) is 1.43. The first-order valence-corrected chi connectivity index (χ1v) is 4.34. The lowest BCUT2D eigenvalue weighted by molar-refractivity contribution is -0.137. The van der Waals surface area contributed by atoms with Crippen LogP contribution in [0.4, 0.5) is 0 Å². The van der Waals surface area contributed by atoms with Crippen LogP contribution in [0.15, 0.2) is 17.2 Å². The molecule has 0 bridgehead atoms. The molecule has 0 atom stereocenters. The lowest BCUT2D eigenvalue weighted by Gasteiger charge is -2.02. The molecule has 1 N–H and O–H groups in total. The number of hydrogen-bond donors (Lipinski definition) is 1. The van der Waals surface area contributed by atoms with Crippen molar-refractivity contribution >= 4 is 5.97 Å². The maximum atomic E-state index is 11.3. The van der Waals surface area contributed by atoms with E-state index < -0.39 is 5.97 Å². The Labute approximate surface area is 81.0 Å². The van der Waals surface area contributed by atoms with Crippen LogP contribution in [0.1, 0.15) is 18.5 Å². The molecule has 0 fully saturated rings. The normalized spacial score (nSPS) is 10.1. The Kier molecular flexibility index (Phi) is 3.39. The van der Waals surface area contributed by atoms with Gasteiger partial charge in [0, 0.05) is 24.7 Å². The summed E-state index contributed by atoms with van der Waals surface area (Å²) < 4.78 is 1.41. The molecule has 5 heteroatoms. The van der Waals surface area contributed by atoms with Crippen LogP contribution in [0.2, 0.25) is 0 Å². The number of hydrogen-bond acceptors (Lipinski definition) is 3. The number of carboxylic acids is 1. The first-order valence-electron chi connectivity index (χ1n) is 4.34. The van der Waals surface area contributed by atoms with Crippen molar-refractivity contribution in [1.29, 1.82) is 0 Å². The fourth-order valence-corrected chi connectivity index (χ4v) is 1.09. The van der Waals surface area contributed by atoms with E-state index in [2.05, 4.69) is 4.98 Å². The van der Waals surface area contributed by atoms with E-state index in [1.54, 1.807) is 6.92 Å². The van der Waals surface area contributed by atoms with E-state index in [0.717, 1.165) is 0 Å². The molecule has 0 spiro atoms. The summed E-state index contributed by atoms with van der Waals surface area (Å²) in [5.74, 6) is -0.849. The zero-order valence-corrected chi connectivity index (χ0v) is 7.93. The van der Waals surface area contributed by atoms with Crippen LogP contribution in [0.5, 0.6) is 0 Å². The summed E-state index contributed by atoms with van der Waals surface area (Å²) in [6.07, 6.45) is 1.96. The maximum Gasteiger partial charge on any atom is 0.303 e. The molecular formula is C9H12N2O3. The molecule has 1 aromatic heterocycles. The molecule has 0 aliphatic heterocycles. The standard InChI is InChI=1S/C9H12N2O3/c1-7-5-8(12)11(6-10-7)4-2-3-9(13)14/h5-6H,2-4H2,1H3,(H,13,14). The van der Waals surface area contributed by atoms with E-state index >= 15 is 0 Å². The summed E-state index contributed by atoms with van der Waals surface area (Å²) in [7, 11) is 0. The molecule has 0 aliphatic rings. The topological polar surface area (TPSA) is 72.2 Å². The summed E-state index contributed by atoms with van der Waals surface area (Å²) >= 11 is 0. The van der Waals surface area contributed by atoms with E-state index in [-0.39, 0.29) is 12.0 Å². The monoisotopic (exact) mass is 196 g/mol. The minimum Gasteiger partial charge on any atom is -0.481 e. The minimum absolute atomic E-state index is 0.0698. The van der Waals surface area contributed by atoms with Crippen molar-refractivity contribution in [1.82, 2.24) is 9.55 Å². The molecule has 0 aliphatic carbocycles. The van der Waals surface area contributed by atoms with E-state index in [9.17, 15) is 9.59 Å². The smallest absolute Gasteiger partial charge is 0.303 e. The molecule has 0 radical (unpaired) electrons. The predicted octanol–water partition coefficient (Wildman–Crippen LogP) is 0.417. The fraction of sp³-hybridized carbons (Fsp3) is 0.444. The first kappa shape index (κ1) is 10.4. The van der Waals surface area contributed by atoms with Gasteiger partial charge in [0.15, 0.2) is 0 Å². The largest absolute Gasteiger partial charge is 0.481 e. The van der Waals surface area contributed by atoms with Crippen molar-refractivity contribution in [3.8, 4) is 0 Å². The molecule has 5 nitrogen and oxygen atoms in total. The van der Waals surface area contributed by atoms with Gasteiger partial charge in [-0.3, -0.25) is 14.2 Å². The Morgan fingerprint density at radius 3 is 2.93 bits per heavy atom. The maximum absolute atomic E-state index is 11.3. The highest BCUT2D eigenvalue weighted by atomic mass is 16.4. The van der Waals surface area contributed by atoms with Gasteiger partial charge in [0.2, 0.25) is 0 Å². The second-order valence-electron chi connectivity index (χ2n) is 3.06. The van der Waals surface area contributed by atoms with Gasteiger partial charge in [0.1, 0.15) is 0 Å². The highest BCUT2D eigenvalue weighted by molar-refractivity contribution is 5.66. The van der Waals surface area contributed by atoms with Gasteiger partial charge in [-0.2, -0.15) is 0 Å². The van der Waals surface area contributed by atoms with Crippen molar-refractivity contribution in [3.05, 3.63) is 28.4 Å². The van der Waals surface area contributed by atoms with Gasteiger partial charge < -0.3 is 5.11 Å². The quantitative estimate of drug-likeness (QED) is 0.757. The second kappa shape index (κ2) is 4.55. The zero-order valence-electron chi connectivity index (χ0n) is 7.93. The van der Waals surface area contributed by atoms with E-state index in [0.29, 0.717) is 18.7 Å². The van der Waals surface area contributed by atoms with E-state index in [1.165, 1.54) is 17.0 Å². The van der Waals surface area contributed by atoms with Crippen molar-refractivity contribution in [2.45, 2.75) is 26.3 Å². The molecular weight excluding hydrogens is 184 g/mol. The number of aliphatic carboxylic acids is 1. The molecule has 1 rings (SSSR count). The van der Waals surface area contributed by atoms with Gasteiger partial charge in [-0.1, -0.05) is 0 Å². The molecule has 0 saturated carbocycles. The fourth-order valence-electron chi connectivity index (χ4n) is 1.09. The molecule has 0 unspecified atom stereocenters. The van der Waals surface area contributed by atoms with Crippen LogP contribution in [0, 0.1) is 6.92 Å². The van der Waals surface area contributed by atoms with Gasteiger partial charge in [-0.15, -0.1) is 0 Å². The molecule has 0 saturated heterocycles. The Bertz CT molecular complexity index is 384. The summed E-state index contributed by atoms with van der Waals surface area (Å²) in [4.78, 5) is 25.5. The van der Waals surface area contributed by atoms with Crippen molar-refractivity contribution < 1.29 is 9.90 Å².